The fourth-order valence-electron chi connectivity index (χ4n) is 1.92. The molecular weight excluding hydrogens is 162 g/mol. The first-order valence-corrected chi connectivity index (χ1v) is 4.91. The number of hydrogen-bond acceptors (Lipinski definition) is 2. The quantitative estimate of drug-likeness (QED) is 0.665. The molecule has 1 N–H and O–H groups in total. The predicted octanol–water partition coefficient (Wildman–Crippen LogP) is 1.57. The van der Waals surface area contributed by atoms with Gasteiger partial charge >= 0.3 is 0 Å². The summed E-state index contributed by atoms with van der Waals surface area (Å²) in [5.74, 6) is 0. The largest absolute Gasteiger partial charge is 0.393 e. The van der Waals surface area contributed by atoms with Gasteiger partial charge < -0.3 is 5.11 Å². The first-order valence-electron chi connectivity index (χ1n) is 4.91. The summed E-state index contributed by atoms with van der Waals surface area (Å²) in [7, 11) is 0. The van der Waals surface area contributed by atoms with Crippen molar-refractivity contribution in [2.24, 2.45) is 0 Å². The number of piperidine rings is 1. The third kappa shape index (κ3) is 2.98. The van der Waals surface area contributed by atoms with Gasteiger partial charge in [0.2, 0.25) is 0 Å². The molecule has 0 amide bonds. The van der Waals surface area contributed by atoms with E-state index in [2.05, 4.69) is 18.1 Å². The van der Waals surface area contributed by atoms with E-state index in [0.717, 1.165) is 32.4 Å². The maximum atomic E-state index is 9.51. The SMILES string of the molecule is C=CCC1CC(O)CCN1CC=C. The van der Waals surface area contributed by atoms with Crippen LogP contribution in [-0.2, 0) is 0 Å². The number of likely N-dealkylation sites (tertiary alicyclic amines) is 1. The van der Waals surface area contributed by atoms with Gasteiger partial charge in [-0.25, -0.2) is 0 Å². The highest BCUT2D eigenvalue weighted by Gasteiger charge is 2.25. The zero-order chi connectivity index (χ0) is 9.68. The van der Waals surface area contributed by atoms with Crippen LogP contribution in [0.5, 0.6) is 0 Å². The zero-order valence-electron chi connectivity index (χ0n) is 8.15. The van der Waals surface area contributed by atoms with Crippen LogP contribution in [0, 0.1) is 0 Å². The highest BCUT2D eigenvalue weighted by Crippen LogP contribution is 2.19. The predicted molar refractivity (Wildman–Crippen MR) is 55.6 cm³/mol. The third-order valence-corrected chi connectivity index (χ3v) is 2.61. The number of hydrogen-bond donors (Lipinski definition) is 1. The Morgan fingerprint density at radius 2 is 2.15 bits per heavy atom. The molecule has 1 saturated heterocycles. The summed E-state index contributed by atoms with van der Waals surface area (Å²) in [6.45, 7) is 9.38. The molecule has 1 rings (SSSR count). The molecule has 0 saturated carbocycles. The van der Waals surface area contributed by atoms with E-state index in [-0.39, 0.29) is 6.10 Å². The van der Waals surface area contributed by atoms with Crippen LogP contribution in [0.1, 0.15) is 19.3 Å². The molecule has 0 aromatic rings. The molecule has 0 bridgehead atoms. The van der Waals surface area contributed by atoms with Crippen LogP contribution in [0.3, 0.4) is 0 Å². The minimum atomic E-state index is -0.119. The molecule has 13 heavy (non-hydrogen) atoms. The standard InChI is InChI=1S/C11H19NO/c1-3-5-10-9-11(13)6-8-12(10)7-4-2/h3-4,10-11,13H,1-2,5-9H2. The summed E-state index contributed by atoms with van der Waals surface area (Å²) in [6, 6.07) is 0.458. The van der Waals surface area contributed by atoms with E-state index in [9.17, 15) is 5.11 Å². The molecule has 0 spiro atoms. The Morgan fingerprint density at radius 3 is 2.77 bits per heavy atom. The lowest BCUT2D eigenvalue weighted by molar-refractivity contribution is 0.0490. The number of rotatable bonds is 4. The van der Waals surface area contributed by atoms with Crippen LogP contribution in [-0.4, -0.2) is 35.2 Å². The van der Waals surface area contributed by atoms with Gasteiger partial charge in [-0.3, -0.25) is 4.90 Å². The van der Waals surface area contributed by atoms with E-state index in [1.165, 1.54) is 0 Å². The number of nitrogens with zero attached hydrogens (tertiary/aromatic N) is 1. The molecule has 0 aromatic carbocycles. The highest BCUT2D eigenvalue weighted by atomic mass is 16.3. The molecule has 0 aromatic heterocycles. The van der Waals surface area contributed by atoms with Gasteiger partial charge in [-0.05, 0) is 19.3 Å². The number of aliphatic hydroxyl groups is 1. The Kier molecular flexibility index (Phi) is 4.19. The van der Waals surface area contributed by atoms with Crippen molar-refractivity contribution < 1.29 is 5.11 Å². The number of aliphatic hydroxyl groups excluding tert-OH is 1. The molecule has 2 nitrogen and oxygen atoms in total. The van der Waals surface area contributed by atoms with Gasteiger partial charge in [-0.2, -0.15) is 0 Å². The first-order chi connectivity index (χ1) is 6.27. The Hall–Kier alpha value is -0.600. The van der Waals surface area contributed by atoms with Crippen molar-refractivity contribution in [2.75, 3.05) is 13.1 Å². The Morgan fingerprint density at radius 1 is 1.38 bits per heavy atom. The van der Waals surface area contributed by atoms with Gasteiger partial charge in [-0.15, -0.1) is 13.2 Å². The van der Waals surface area contributed by atoms with Crippen LogP contribution in [0.15, 0.2) is 25.3 Å². The first kappa shape index (κ1) is 10.5. The van der Waals surface area contributed by atoms with Gasteiger partial charge in [0, 0.05) is 19.1 Å². The Labute approximate surface area is 80.6 Å². The summed E-state index contributed by atoms with van der Waals surface area (Å²) in [6.07, 6.45) is 6.46. The Bertz CT molecular complexity index is 179. The lowest BCUT2D eigenvalue weighted by atomic mass is 9.97. The molecule has 1 aliphatic rings. The lowest BCUT2D eigenvalue weighted by Gasteiger charge is -2.36. The maximum Gasteiger partial charge on any atom is 0.0567 e. The molecule has 0 aliphatic carbocycles. The topological polar surface area (TPSA) is 23.5 Å². The molecule has 0 radical (unpaired) electrons. The summed E-state index contributed by atoms with van der Waals surface area (Å²) in [4.78, 5) is 2.36. The molecule has 1 aliphatic heterocycles. The highest BCUT2D eigenvalue weighted by molar-refractivity contribution is 4.89. The van der Waals surface area contributed by atoms with Crippen LogP contribution in [0.2, 0.25) is 0 Å². The van der Waals surface area contributed by atoms with Gasteiger partial charge in [0.1, 0.15) is 0 Å². The summed E-state index contributed by atoms with van der Waals surface area (Å²) >= 11 is 0. The van der Waals surface area contributed by atoms with Gasteiger partial charge in [0.25, 0.3) is 0 Å². The second-order valence-corrected chi connectivity index (χ2v) is 3.64. The molecule has 1 heterocycles. The molecular formula is C11H19NO. The van der Waals surface area contributed by atoms with Crippen molar-refractivity contribution in [3.8, 4) is 0 Å². The van der Waals surface area contributed by atoms with Crippen molar-refractivity contribution in [1.82, 2.24) is 4.90 Å². The lowest BCUT2D eigenvalue weighted by Crippen LogP contribution is -2.43. The molecule has 2 atom stereocenters. The summed E-state index contributed by atoms with van der Waals surface area (Å²) in [5, 5.41) is 9.51. The fraction of sp³-hybridized carbons (Fsp3) is 0.636. The van der Waals surface area contributed by atoms with Crippen molar-refractivity contribution in [2.45, 2.75) is 31.4 Å². The molecule has 1 fully saturated rings. The van der Waals surface area contributed by atoms with Crippen molar-refractivity contribution in [3.05, 3.63) is 25.3 Å². The van der Waals surface area contributed by atoms with E-state index >= 15 is 0 Å². The van der Waals surface area contributed by atoms with Crippen molar-refractivity contribution in [1.29, 1.82) is 0 Å². The van der Waals surface area contributed by atoms with Crippen LogP contribution < -0.4 is 0 Å². The second kappa shape index (κ2) is 5.20. The third-order valence-electron chi connectivity index (χ3n) is 2.61. The van der Waals surface area contributed by atoms with E-state index in [4.69, 9.17) is 0 Å². The summed E-state index contributed by atoms with van der Waals surface area (Å²) in [5.41, 5.74) is 0. The van der Waals surface area contributed by atoms with Crippen LogP contribution in [0.25, 0.3) is 0 Å². The fourth-order valence-corrected chi connectivity index (χ4v) is 1.92. The molecule has 2 unspecified atom stereocenters. The van der Waals surface area contributed by atoms with E-state index < -0.39 is 0 Å². The normalized spacial score (nSPS) is 29.9. The Balaban J connectivity index is 2.48. The minimum absolute atomic E-state index is 0.119. The van der Waals surface area contributed by atoms with E-state index in [1.54, 1.807) is 0 Å². The average molecular weight is 181 g/mol. The van der Waals surface area contributed by atoms with Gasteiger partial charge in [0.05, 0.1) is 6.10 Å². The van der Waals surface area contributed by atoms with Gasteiger partial charge in [-0.1, -0.05) is 12.2 Å². The van der Waals surface area contributed by atoms with Crippen LogP contribution in [0.4, 0.5) is 0 Å². The van der Waals surface area contributed by atoms with Crippen molar-refractivity contribution >= 4 is 0 Å². The minimum Gasteiger partial charge on any atom is -0.393 e. The molecule has 74 valence electrons. The smallest absolute Gasteiger partial charge is 0.0567 e. The van der Waals surface area contributed by atoms with E-state index in [1.807, 2.05) is 12.2 Å². The van der Waals surface area contributed by atoms with Gasteiger partial charge in [0.15, 0.2) is 0 Å². The van der Waals surface area contributed by atoms with E-state index in [0.29, 0.717) is 6.04 Å². The average Bonchev–Trinajstić information content (AvgIpc) is 2.10. The molecule has 2 heteroatoms. The zero-order valence-corrected chi connectivity index (χ0v) is 8.15. The van der Waals surface area contributed by atoms with Crippen molar-refractivity contribution in [3.63, 3.8) is 0 Å². The maximum absolute atomic E-state index is 9.51. The van der Waals surface area contributed by atoms with Crippen LogP contribution >= 0.6 is 0 Å². The summed E-state index contributed by atoms with van der Waals surface area (Å²) < 4.78 is 0. The second-order valence-electron chi connectivity index (χ2n) is 3.64. The monoisotopic (exact) mass is 181 g/mol.